The third kappa shape index (κ3) is 3.06. The molecule has 1 aromatic carbocycles. The fourth-order valence-corrected chi connectivity index (χ4v) is 2.24. The highest BCUT2D eigenvalue weighted by molar-refractivity contribution is 5.16. The first-order valence-electron chi connectivity index (χ1n) is 6.33. The average Bonchev–Trinajstić information content (AvgIpc) is 2.34. The second-order valence-corrected chi connectivity index (χ2v) is 4.62. The van der Waals surface area contributed by atoms with E-state index >= 15 is 0 Å². The summed E-state index contributed by atoms with van der Waals surface area (Å²) in [7, 11) is 0. The van der Waals surface area contributed by atoms with E-state index in [4.69, 9.17) is 9.57 Å². The largest absolute Gasteiger partial charge is 0.356 e. The van der Waals surface area contributed by atoms with Crippen LogP contribution < -0.4 is 0 Å². The van der Waals surface area contributed by atoms with Gasteiger partial charge in [0.25, 0.3) is 0 Å². The highest BCUT2D eigenvalue weighted by Gasteiger charge is 2.36. The van der Waals surface area contributed by atoms with Gasteiger partial charge in [0.1, 0.15) is 5.72 Å². The van der Waals surface area contributed by atoms with E-state index in [9.17, 15) is 0 Å². The van der Waals surface area contributed by atoms with Gasteiger partial charge < -0.3 is 4.74 Å². The Morgan fingerprint density at radius 2 is 2.00 bits per heavy atom. The minimum Gasteiger partial charge on any atom is -0.356 e. The second kappa shape index (κ2) is 5.63. The first kappa shape index (κ1) is 12.6. The third-order valence-corrected chi connectivity index (χ3v) is 3.07. The normalized spacial score (nSPS) is 26.0. The van der Waals surface area contributed by atoms with Crippen molar-refractivity contribution >= 4 is 0 Å². The minimum atomic E-state index is -0.338. The second-order valence-electron chi connectivity index (χ2n) is 4.62. The van der Waals surface area contributed by atoms with Crippen LogP contribution in [0.5, 0.6) is 0 Å². The minimum absolute atomic E-state index is 0.338. The summed E-state index contributed by atoms with van der Waals surface area (Å²) in [6.45, 7) is 6.49. The number of benzene rings is 1. The molecule has 2 rings (SSSR count). The molecule has 1 saturated heterocycles. The average molecular weight is 235 g/mol. The van der Waals surface area contributed by atoms with Crippen LogP contribution in [0.15, 0.2) is 30.3 Å². The van der Waals surface area contributed by atoms with Gasteiger partial charge in [0, 0.05) is 13.0 Å². The van der Waals surface area contributed by atoms with Crippen LogP contribution in [0.25, 0.3) is 0 Å². The van der Waals surface area contributed by atoms with E-state index in [2.05, 4.69) is 38.1 Å². The van der Waals surface area contributed by atoms with Crippen molar-refractivity contribution in [3.63, 3.8) is 0 Å². The van der Waals surface area contributed by atoms with E-state index in [1.165, 1.54) is 5.56 Å². The van der Waals surface area contributed by atoms with Gasteiger partial charge in [0.15, 0.2) is 0 Å². The molecule has 0 N–H and O–H groups in total. The summed E-state index contributed by atoms with van der Waals surface area (Å²) in [5.41, 5.74) is 0.942. The summed E-state index contributed by atoms with van der Waals surface area (Å²) >= 11 is 0. The number of rotatable bonds is 4. The Labute approximate surface area is 103 Å². The summed E-state index contributed by atoms with van der Waals surface area (Å²) in [5.74, 6) is 0. The zero-order valence-corrected chi connectivity index (χ0v) is 10.7. The lowest BCUT2D eigenvalue weighted by Gasteiger charge is -2.43. The molecule has 0 radical (unpaired) electrons. The predicted molar refractivity (Wildman–Crippen MR) is 67.5 cm³/mol. The zero-order chi connectivity index (χ0) is 12.1. The van der Waals surface area contributed by atoms with Gasteiger partial charge in [-0.25, -0.2) is 0 Å². The molecule has 0 aliphatic carbocycles. The quantitative estimate of drug-likeness (QED) is 0.800. The summed E-state index contributed by atoms with van der Waals surface area (Å²) < 4.78 is 5.94. The summed E-state index contributed by atoms with van der Waals surface area (Å²) in [6.07, 6.45) is 1.92. The molecule has 1 aliphatic rings. The van der Waals surface area contributed by atoms with Crippen LogP contribution in [0.1, 0.15) is 25.8 Å². The van der Waals surface area contributed by atoms with Crippen LogP contribution in [0.2, 0.25) is 0 Å². The van der Waals surface area contributed by atoms with E-state index in [1.54, 1.807) is 0 Å². The lowest BCUT2D eigenvalue weighted by molar-refractivity contribution is -0.346. The highest BCUT2D eigenvalue weighted by atomic mass is 16.7. The highest BCUT2D eigenvalue weighted by Crippen LogP contribution is 2.26. The maximum Gasteiger partial charge on any atom is 0.145 e. The van der Waals surface area contributed by atoms with Gasteiger partial charge in [-0.3, -0.25) is 4.84 Å². The number of ether oxygens (including phenoxy) is 1. The topological polar surface area (TPSA) is 21.7 Å². The van der Waals surface area contributed by atoms with Gasteiger partial charge in [0.2, 0.25) is 0 Å². The standard InChI is InChI=1S/C14H21NO2/c1-3-9-15-14(2,16-10-11-17-15)12-13-7-5-4-6-8-13/h4-8H,3,9-12H2,1-2H3. The Bertz CT molecular complexity index is 339. The lowest BCUT2D eigenvalue weighted by Crippen LogP contribution is -2.54. The molecular weight excluding hydrogens is 214 g/mol. The predicted octanol–water partition coefficient (Wildman–Crippen LogP) is 2.62. The molecule has 0 bridgehead atoms. The molecular formula is C14H21NO2. The summed E-state index contributed by atoms with van der Waals surface area (Å²) in [6, 6.07) is 10.4. The van der Waals surface area contributed by atoms with Gasteiger partial charge in [-0.2, -0.15) is 5.06 Å². The molecule has 17 heavy (non-hydrogen) atoms. The van der Waals surface area contributed by atoms with E-state index in [0.717, 1.165) is 19.4 Å². The van der Waals surface area contributed by atoms with Crippen LogP contribution >= 0.6 is 0 Å². The molecule has 0 saturated carbocycles. The Balaban J connectivity index is 2.09. The number of hydrogen-bond acceptors (Lipinski definition) is 3. The van der Waals surface area contributed by atoms with Crippen molar-refractivity contribution in [2.45, 2.75) is 32.4 Å². The van der Waals surface area contributed by atoms with Crippen molar-refractivity contribution in [1.29, 1.82) is 0 Å². The first-order valence-corrected chi connectivity index (χ1v) is 6.33. The van der Waals surface area contributed by atoms with E-state index in [0.29, 0.717) is 13.2 Å². The summed E-state index contributed by atoms with van der Waals surface area (Å²) in [5, 5.41) is 1.99. The number of hydrogen-bond donors (Lipinski definition) is 0. The van der Waals surface area contributed by atoms with Crippen LogP contribution in [-0.4, -0.2) is 30.5 Å². The van der Waals surface area contributed by atoms with Crippen molar-refractivity contribution in [3.05, 3.63) is 35.9 Å². The van der Waals surface area contributed by atoms with Crippen molar-refractivity contribution in [2.24, 2.45) is 0 Å². The molecule has 3 nitrogen and oxygen atoms in total. The molecule has 1 atom stereocenters. The van der Waals surface area contributed by atoms with Crippen LogP contribution in [0, 0.1) is 0 Å². The first-order chi connectivity index (χ1) is 8.24. The Morgan fingerprint density at radius 3 is 2.71 bits per heavy atom. The van der Waals surface area contributed by atoms with Crippen LogP contribution in [0.4, 0.5) is 0 Å². The lowest BCUT2D eigenvalue weighted by atomic mass is 10.0. The van der Waals surface area contributed by atoms with E-state index in [1.807, 2.05) is 11.1 Å². The monoisotopic (exact) mass is 235 g/mol. The fraction of sp³-hybridized carbons (Fsp3) is 0.571. The molecule has 1 fully saturated rings. The smallest absolute Gasteiger partial charge is 0.145 e. The number of nitrogens with zero attached hydrogens (tertiary/aromatic N) is 1. The Morgan fingerprint density at radius 1 is 1.24 bits per heavy atom. The zero-order valence-electron chi connectivity index (χ0n) is 10.7. The molecule has 94 valence electrons. The third-order valence-electron chi connectivity index (χ3n) is 3.07. The van der Waals surface area contributed by atoms with Crippen molar-refractivity contribution in [2.75, 3.05) is 19.8 Å². The maximum atomic E-state index is 5.94. The molecule has 3 heteroatoms. The van der Waals surface area contributed by atoms with E-state index in [-0.39, 0.29) is 5.72 Å². The summed E-state index contributed by atoms with van der Waals surface area (Å²) in [4.78, 5) is 5.71. The van der Waals surface area contributed by atoms with Gasteiger partial charge in [-0.1, -0.05) is 37.3 Å². The van der Waals surface area contributed by atoms with Crippen molar-refractivity contribution in [1.82, 2.24) is 5.06 Å². The van der Waals surface area contributed by atoms with Gasteiger partial charge in [0.05, 0.1) is 13.2 Å². The maximum absolute atomic E-state index is 5.94. The SMILES string of the molecule is CCCN1OCCOC1(C)Cc1ccccc1. The molecule has 0 aromatic heterocycles. The Hall–Kier alpha value is -0.900. The Kier molecular flexibility index (Phi) is 4.15. The molecule has 0 spiro atoms. The van der Waals surface area contributed by atoms with Crippen molar-refractivity contribution < 1.29 is 9.57 Å². The molecule has 1 heterocycles. The molecule has 1 unspecified atom stereocenters. The van der Waals surface area contributed by atoms with Gasteiger partial charge >= 0.3 is 0 Å². The van der Waals surface area contributed by atoms with Gasteiger partial charge in [-0.15, -0.1) is 0 Å². The number of hydroxylamine groups is 2. The van der Waals surface area contributed by atoms with Gasteiger partial charge in [-0.05, 0) is 18.9 Å². The van der Waals surface area contributed by atoms with Crippen LogP contribution in [0.3, 0.4) is 0 Å². The fourth-order valence-electron chi connectivity index (χ4n) is 2.24. The molecule has 0 amide bonds. The van der Waals surface area contributed by atoms with E-state index < -0.39 is 0 Å². The van der Waals surface area contributed by atoms with Crippen LogP contribution in [-0.2, 0) is 16.0 Å². The molecule has 1 aromatic rings. The molecule has 1 aliphatic heterocycles. The van der Waals surface area contributed by atoms with Crippen molar-refractivity contribution in [3.8, 4) is 0 Å².